The van der Waals surface area contributed by atoms with Gasteiger partial charge in [0.15, 0.2) is 5.82 Å². The molecule has 33 heavy (non-hydrogen) atoms. The van der Waals surface area contributed by atoms with Crippen molar-refractivity contribution in [1.82, 2.24) is 20.4 Å². The Bertz CT molecular complexity index is 1300. The Hall–Kier alpha value is -4.72. The lowest BCUT2D eigenvalue weighted by molar-refractivity contribution is 0.192. The SMILES string of the molecule is Nc1nc(N)nc(-c2ccc(/C=C\c3ccc(C4=NNC(c5ccccc5)O4)cc3)cc2)n1. The molecule has 2 heterocycles. The Morgan fingerprint density at radius 2 is 1.27 bits per heavy atom. The molecule has 5 rings (SSSR count). The number of rotatable bonds is 5. The van der Waals surface area contributed by atoms with Crippen LogP contribution in [0.2, 0.25) is 0 Å². The Balaban J connectivity index is 1.24. The fourth-order valence-corrected chi connectivity index (χ4v) is 3.40. The lowest BCUT2D eigenvalue weighted by Crippen LogP contribution is -2.12. The number of nitrogens with one attached hydrogen (secondary N) is 1. The van der Waals surface area contributed by atoms with Gasteiger partial charge in [-0.05, 0) is 23.3 Å². The third kappa shape index (κ3) is 4.64. The Kier molecular flexibility index (Phi) is 5.38. The first-order valence-electron chi connectivity index (χ1n) is 10.3. The van der Waals surface area contributed by atoms with Gasteiger partial charge in [0.2, 0.25) is 24.0 Å². The van der Waals surface area contributed by atoms with Crippen molar-refractivity contribution in [3.05, 3.63) is 101 Å². The van der Waals surface area contributed by atoms with E-state index in [0.717, 1.165) is 27.8 Å². The second-order valence-electron chi connectivity index (χ2n) is 7.41. The molecule has 0 amide bonds. The van der Waals surface area contributed by atoms with Crippen LogP contribution in [0.4, 0.5) is 11.9 Å². The lowest BCUT2D eigenvalue weighted by atomic mass is 10.1. The second kappa shape index (κ2) is 8.80. The molecular weight excluding hydrogens is 414 g/mol. The number of anilines is 2. The molecular formula is C25H21N7O. The smallest absolute Gasteiger partial charge is 0.240 e. The van der Waals surface area contributed by atoms with Crippen molar-refractivity contribution in [2.45, 2.75) is 6.23 Å². The number of aromatic nitrogens is 3. The van der Waals surface area contributed by atoms with Gasteiger partial charge < -0.3 is 16.2 Å². The van der Waals surface area contributed by atoms with Gasteiger partial charge >= 0.3 is 0 Å². The Morgan fingerprint density at radius 3 is 1.88 bits per heavy atom. The largest absolute Gasteiger partial charge is 0.446 e. The fourth-order valence-electron chi connectivity index (χ4n) is 3.40. The summed E-state index contributed by atoms with van der Waals surface area (Å²) >= 11 is 0. The number of hydrogen-bond acceptors (Lipinski definition) is 8. The number of nitrogen functional groups attached to an aromatic ring is 2. The van der Waals surface area contributed by atoms with Crippen LogP contribution in [0.3, 0.4) is 0 Å². The number of ether oxygens (including phenoxy) is 1. The zero-order valence-corrected chi connectivity index (χ0v) is 17.6. The van der Waals surface area contributed by atoms with E-state index in [0.29, 0.717) is 11.7 Å². The highest BCUT2D eigenvalue weighted by Gasteiger charge is 2.21. The van der Waals surface area contributed by atoms with Gasteiger partial charge in [-0.2, -0.15) is 15.0 Å². The maximum absolute atomic E-state index is 5.96. The van der Waals surface area contributed by atoms with Crippen molar-refractivity contribution in [3.8, 4) is 11.4 Å². The first-order chi connectivity index (χ1) is 16.1. The molecule has 4 aromatic rings. The minimum atomic E-state index is -0.269. The third-order valence-corrected chi connectivity index (χ3v) is 5.08. The van der Waals surface area contributed by atoms with Crippen LogP contribution in [0.15, 0.2) is 84.0 Å². The average Bonchev–Trinajstić information content (AvgIpc) is 3.34. The summed E-state index contributed by atoms with van der Waals surface area (Å²) in [6.45, 7) is 0. The molecule has 8 nitrogen and oxygen atoms in total. The van der Waals surface area contributed by atoms with E-state index in [-0.39, 0.29) is 18.1 Å². The summed E-state index contributed by atoms with van der Waals surface area (Å²) in [5.41, 5.74) is 19.2. The first kappa shape index (κ1) is 20.2. The standard InChI is InChI=1S/C25H21N7O/c26-24-28-21(29-25(27)30-24)18-12-8-16(9-13-18)6-7-17-10-14-20(15-11-17)23-32-31-22(33-23)19-4-2-1-3-5-19/h1-15,22,31H,(H4,26,27,28,29,30)/b7-6-. The van der Waals surface area contributed by atoms with Crippen molar-refractivity contribution in [1.29, 1.82) is 0 Å². The summed E-state index contributed by atoms with van der Waals surface area (Å²) in [6, 6.07) is 25.8. The van der Waals surface area contributed by atoms with Gasteiger partial charge in [-0.1, -0.05) is 78.9 Å². The molecule has 1 unspecified atom stereocenters. The molecule has 0 fully saturated rings. The number of benzene rings is 3. The first-order valence-corrected chi connectivity index (χ1v) is 10.3. The van der Waals surface area contributed by atoms with E-state index in [1.807, 2.05) is 91.0 Å². The zero-order chi connectivity index (χ0) is 22.6. The van der Waals surface area contributed by atoms with Crippen molar-refractivity contribution < 1.29 is 4.74 Å². The van der Waals surface area contributed by atoms with E-state index >= 15 is 0 Å². The predicted molar refractivity (Wildman–Crippen MR) is 129 cm³/mol. The van der Waals surface area contributed by atoms with Gasteiger partial charge in [0.1, 0.15) is 0 Å². The van der Waals surface area contributed by atoms with Crippen LogP contribution in [0.1, 0.15) is 28.5 Å². The van der Waals surface area contributed by atoms with Crippen LogP contribution in [0, 0.1) is 0 Å². The summed E-state index contributed by atoms with van der Waals surface area (Å²) in [4.78, 5) is 12.0. The molecule has 5 N–H and O–H groups in total. The van der Waals surface area contributed by atoms with Gasteiger partial charge in [0.05, 0.1) is 0 Å². The maximum Gasteiger partial charge on any atom is 0.240 e. The number of nitrogens with two attached hydrogens (primary N) is 2. The molecule has 0 aliphatic carbocycles. The van der Waals surface area contributed by atoms with E-state index in [2.05, 4.69) is 25.5 Å². The highest BCUT2D eigenvalue weighted by molar-refractivity contribution is 5.95. The molecule has 0 saturated carbocycles. The van der Waals surface area contributed by atoms with E-state index in [4.69, 9.17) is 16.2 Å². The quantitative estimate of drug-likeness (QED) is 0.407. The molecule has 1 aliphatic rings. The van der Waals surface area contributed by atoms with Gasteiger partial charge in [-0.3, -0.25) is 5.43 Å². The van der Waals surface area contributed by atoms with Crippen molar-refractivity contribution in [3.63, 3.8) is 0 Å². The molecule has 0 radical (unpaired) electrons. The molecule has 1 atom stereocenters. The molecule has 1 aromatic heterocycles. The fraction of sp³-hybridized carbons (Fsp3) is 0.0400. The van der Waals surface area contributed by atoms with Gasteiger partial charge in [0.25, 0.3) is 0 Å². The van der Waals surface area contributed by atoms with Crippen LogP contribution in [-0.2, 0) is 4.74 Å². The van der Waals surface area contributed by atoms with E-state index in [1.54, 1.807) is 0 Å². The van der Waals surface area contributed by atoms with Crippen molar-refractivity contribution in [2.24, 2.45) is 5.10 Å². The Morgan fingerprint density at radius 1 is 0.697 bits per heavy atom. The van der Waals surface area contributed by atoms with Gasteiger partial charge in [-0.25, -0.2) is 0 Å². The van der Waals surface area contributed by atoms with Crippen LogP contribution in [0.5, 0.6) is 0 Å². The number of nitrogens with zero attached hydrogens (tertiary/aromatic N) is 4. The van der Waals surface area contributed by atoms with Gasteiger partial charge in [0, 0.05) is 16.7 Å². The topological polar surface area (TPSA) is 124 Å². The lowest BCUT2D eigenvalue weighted by Gasteiger charge is -2.11. The highest BCUT2D eigenvalue weighted by Crippen LogP contribution is 2.22. The monoisotopic (exact) mass is 435 g/mol. The van der Waals surface area contributed by atoms with E-state index in [1.165, 1.54) is 0 Å². The maximum atomic E-state index is 5.96. The minimum absolute atomic E-state index is 0.102. The molecule has 1 aliphatic heterocycles. The van der Waals surface area contributed by atoms with Crippen LogP contribution < -0.4 is 16.9 Å². The molecule has 162 valence electrons. The zero-order valence-electron chi connectivity index (χ0n) is 17.6. The summed E-state index contributed by atoms with van der Waals surface area (Å²) in [5.74, 6) is 1.23. The normalized spacial score (nSPS) is 15.2. The summed E-state index contributed by atoms with van der Waals surface area (Å²) in [6.07, 6.45) is 3.81. The molecule has 0 saturated heterocycles. The average molecular weight is 435 g/mol. The molecule has 3 aromatic carbocycles. The summed E-state index contributed by atoms with van der Waals surface area (Å²) in [7, 11) is 0. The van der Waals surface area contributed by atoms with Gasteiger partial charge in [-0.15, -0.1) is 5.10 Å². The van der Waals surface area contributed by atoms with Crippen LogP contribution in [-0.4, -0.2) is 20.8 Å². The van der Waals surface area contributed by atoms with Crippen molar-refractivity contribution >= 4 is 29.9 Å². The Labute approximate surface area is 190 Å². The molecule has 0 bridgehead atoms. The summed E-state index contributed by atoms with van der Waals surface area (Å²) < 4.78 is 5.96. The highest BCUT2D eigenvalue weighted by atomic mass is 16.5. The van der Waals surface area contributed by atoms with E-state index < -0.39 is 0 Å². The predicted octanol–water partition coefficient (Wildman–Crippen LogP) is 3.85. The molecule has 8 heteroatoms. The summed E-state index contributed by atoms with van der Waals surface area (Å²) in [5, 5.41) is 4.33. The van der Waals surface area contributed by atoms with E-state index in [9.17, 15) is 0 Å². The second-order valence-corrected chi connectivity index (χ2v) is 7.41. The number of hydrazone groups is 1. The van der Waals surface area contributed by atoms with Crippen LogP contribution >= 0.6 is 0 Å². The minimum Gasteiger partial charge on any atom is -0.446 e. The van der Waals surface area contributed by atoms with Crippen LogP contribution in [0.25, 0.3) is 23.5 Å². The third-order valence-electron chi connectivity index (χ3n) is 5.08. The van der Waals surface area contributed by atoms with Crippen molar-refractivity contribution in [2.75, 3.05) is 11.5 Å². The number of hydrogen-bond donors (Lipinski definition) is 3. The molecule has 0 spiro atoms.